The second kappa shape index (κ2) is 4.61. The Labute approximate surface area is 102 Å². The summed E-state index contributed by atoms with van der Waals surface area (Å²) in [5.74, 6) is -1.01. The van der Waals surface area contributed by atoms with Crippen LogP contribution in [0.25, 0.3) is 0 Å². The van der Waals surface area contributed by atoms with Crippen LogP contribution in [0.4, 0.5) is 11.4 Å². The largest absolute Gasteiger partial charge is 0.480 e. The molecule has 1 aliphatic rings. The Morgan fingerprint density at radius 3 is 2.50 bits per heavy atom. The van der Waals surface area contributed by atoms with E-state index in [0.717, 1.165) is 0 Å². The highest BCUT2D eigenvalue weighted by Crippen LogP contribution is 2.27. The van der Waals surface area contributed by atoms with Gasteiger partial charge in [0, 0.05) is 30.8 Å². The number of non-ortho nitro benzene ring substituents is 1. The zero-order valence-corrected chi connectivity index (χ0v) is 9.39. The molecule has 2 unspecified atom stereocenters. The minimum Gasteiger partial charge on any atom is -0.480 e. The molecule has 1 heterocycles. The van der Waals surface area contributed by atoms with Gasteiger partial charge >= 0.3 is 5.97 Å². The second-order valence-electron chi connectivity index (χ2n) is 4.17. The van der Waals surface area contributed by atoms with Crippen molar-refractivity contribution < 1.29 is 19.9 Å². The molecule has 96 valence electrons. The number of hydrogen-bond donors (Lipinski definition) is 2. The number of aliphatic hydroxyl groups excluding tert-OH is 1. The van der Waals surface area contributed by atoms with Crippen LogP contribution < -0.4 is 4.90 Å². The molecule has 2 N–H and O–H groups in total. The summed E-state index contributed by atoms with van der Waals surface area (Å²) in [7, 11) is 0. The third-order valence-electron chi connectivity index (χ3n) is 2.96. The molecule has 1 aliphatic heterocycles. The average Bonchev–Trinajstić information content (AvgIpc) is 2.71. The van der Waals surface area contributed by atoms with Crippen LogP contribution in [-0.4, -0.2) is 39.8 Å². The smallest absolute Gasteiger partial charge is 0.326 e. The molecule has 0 aromatic heterocycles. The van der Waals surface area contributed by atoms with Gasteiger partial charge in [0.05, 0.1) is 11.0 Å². The number of β-amino-alcohol motifs (C(OH)–C–C–N with tert-alkyl or cyclic N) is 1. The summed E-state index contributed by atoms with van der Waals surface area (Å²) in [5.41, 5.74) is 0.509. The molecule has 0 amide bonds. The molecular formula is C11H12N2O5. The molecule has 1 aromatic carbocycles. The van der Waals surface area contributed by atoms with Gasteiger partial charge in [0.1, 0.15) is 6.04 Å². The molecule has 18 heavy (non-hydrogen) atoms. The van der Waals surface area contributed by atoms with Gasteiger partial charge in [-0.05, 0) is 12.1 Å². The summed E-state index contributed by atoms with van der Waals surface area (Å²) in [6.07, 6.45) is -0.534. The van der Waals surface area contributed by atoms with Crippen molar-refractivity contribution in [2.24, 2.45) is 0 Å². The van der Waals surface area contributed by atoms with Crippen molar-refractivity contribution in [3.8, 4) is 0 Å². The van der Waals surface area contributed by atoms with E-state index in [1.54, 1.807) is 0 Å². The lowest BCUT2D eigenvalue weighted by molar-refractivity contribution is -0.384. The quantitative estimate of drug-likeness (QED) is 0.603. The fraction of sp³-hybridized carbons (Fsp3) is 0.364. The number of nitro benzene ring substituents is 1. The first kappa shape index (κ1) is 12.3. The van der Waals surface area contributed by atoms with Crippen LogP contribution >= 0.6 is 0 Å². The predicted molar refractivity (Wildman–Crippen MR) is 62.5 cm³/mol. The maximum absolute atomic E-state index is 11.0. The maximum Gasteiger partial charge on any atom is 0.326 e. The highest BCUT2D eigenvalue weighted by atomic mass is 16.6. The van der Waals surface area contributed by atoms with Crippen LogP contribution in [0.1, 0.15) is 6.42 Å². The van der Waals surface area contributed by atoms with E-state index in [1.807, 2.05) is 0 Å². The molecule has 2 atom stereocenters. The van der Waals surface area contributed by atoms with Crippen LogP contribution in [0.2, 0.25) is 0 Å². The highest BCUT2D eigenvalue weighted by molar-refractivity contribution is 5.79. The number of carboxylic acids is 1. The number of benzene rings is 1. The van der Waals surface area contributed by atoms with Gasteiger partial charge in [-0.1, -0.05) is 0 Å². The standard InChI is InChI=1S/C11H12N2O5/c14-9-5-10(11(15)16)12(6-9)7-1-3-8(4-2-7)13(17)18/h1-4,9-10,14H,5-6H2,(H,15,16). The van der Waals surface area contributed by atoms with Crippen molar-refractivity contribution in [2.75, 3.05) is 11.4 Å². The zero-order chi connectivity index (χ0) is 13.3. The van der Waals surface area contributed by atoms with E-state index < -0.39 is 23.0 Å². The van der Waals surface area contributed by atoms with E-state index in [2.05, 4.69) is 0 Å². The predicted octanol–water partition coefficient (Wildman–Crippen LogP) is 0.619. The number of rotatable bonds is 3. The Bertz CT molecular complexity index is 473. The number of aliphatic carboxylic acids is 1. The van der Waals surface area contributed by atoms with Crippen LogP contribution in [-0.2, 0) is 4.79 Å². The van der Waals surface area contributed by atoms with Crippen molar-refractivity contribution in [1.29, 1.82) is 0 Å². The van der Waals surface area contributed by atoms with Gasteiger partial charge in [0.15, 0.2) is 0 Å². The first-order chi connectivity index (χ1) is 8.49. The number of nitro groups is 1. The Morgan fingerprint density at radius 2 is 2.00 bits per heavy atom. The Balaban J connectivity index is 2.24. The molecule has 0 aliphatic carbocycles. The molecule has 0 saturated carbocycles. The van der Waals surface area contributed by atoms with Gasteiger partial charge in [0.25, 0.3) is 5.69 Å². The lowest BCUT2D eigenvalue weighted by atomic mass is 10.2. The number of carbonyl (C=O) groups is 1. The second-order valence-corrected chi connectivity index (χ2v) is 4.17. The lowest BCUT2D eigenvalue weighted by Crippen LogP contribution is -2.35. The van der Waals surface area contributed by atoms with E-state index in [4.69, 9.17) is 5.11 Å². The third kappa shape index (κ3) is 2.25. The van der Waals surface area contributed by atoms with Crippen molar-refractivity contribution in [1.82, 2.24) is 0 Å². The van der Waals surface area contributed by atoms with Crippen LogP contribution in [0.15, 0.2) is 24.3 Å². The molecule has 7 heteroatoms. The van der Waals surface area contributed by atoms with E-state index in [9.17, 15) is 20.0 Å². The third-order valence-corrected chi connectivity index (χ3v) is 2.96. The van der Waals surface area contributed by atoms with Gasteiger partial charge < -0.3 is 15.1 Å². The van der Waals surface area contributed by atoms with E-state index in [1.165, 1.54) is 29.2 Å². The summed E-state index contributed by atoms with van der Waals surface area (Å²) in [4.78, 5) is 22.6. The monoisotopic (exact) mass is 252 g/mol. The molecule has 0 spiro atoms. The Kier molecular flexibility index (Phi) is 3.15. The summed E-state index contributed by atoms with van der Waals surface area (Å²) in [6.45, 7) is 0.217. The molecule has 0 bridgehead atoms. The van der Waals surface area contributed by atoms with E-state index in [-0.39, 0.29) is 18.7 Å². The van der Waals surface area contributed by atoms with Gasteiger partial charge in [-0.15, -0.1) is 0 Å². The number of nitrogens with zero attached hydrogens (tertiary/aromatic N) is 2. The van der Waals surface area contributed by atoms with Gasteiger partial charge in [-0.25, -0.2) is 4.79 Å². The number of carboxylic acid groups (broad SMARTS) is 1. The molecule has 1 fully saturated rings. The van der Waals surface area contributed by atoms with Gasteiger partial charge in [0.2, 0.25) is 0 Å². The first-order valence-electron chi connectivity index (χ1n) is 5.41. The van der Waals surface area contributed by atoms with Crippen LogP contribution in [0.5, 0.6) is 0 Å². The van der Waals surface area contributed by atoms with Crippen molar-refractivity contribution >= 4 is 17.3 Å². The molecular weight excluding hydrogens is 240 g/mol. The first-order valence-corrected chi connectivity index (χ1v) is 5.41. The molecule has 1 saturated heterocycles. The average molecular weight is 252 g/mol. The van der Waals surface area contributed by atoms with Gasteiger partial charge in [-0.2, -0.15) is 0 Å². The Morgan fingerprint density at radius 1 is 1.39 bits per heavy atom. The lowest BCUT2D eigenvalue weighted by Gasteiger charge is -2.23. The van der Waals surface area contributed by atoms with Gasteiger partial charge in [-0.3, -0.25) is 10.1 Å². The minimum atomic E-state index is -1.01. The fourth-order valence-corrected chi connectivity index (χ4v) is 2.10. The number of hydrogen-bond acceptors (Lipinski definition) is 5. The molecule has 0 radical (unpaired) electrons. The zero-order valence-electron chi connectivity index (χ0n) is 9.39. The number of aliphatic hydroxyl groups is 1. The van der Waals surface area contributed by atoms with Crippen molar-refractivity contribution in [2.45, 2.75) is 18.6 Å². The fourth-order valence-electron chi connectivity index (χ4n) is 2.10. The van der Waals surface area contributed by atoms with Crippen LogP contribution in [0.3, 0.4) is 0 Å². The maximum atomic E-state index is 11.0. The summed E-state index contributed by atoms with van der Waals surface area (Å²) in [6, 6.07) is 4.83. The summed E-state index contributed by atoms with van der Waals surface area (Å²) < 4.78 is 0. The molecule has 1 aromatic rings. The SMILES string of the molecule is O=C(O)C1CC(O)CN1c1ccc([N+](=O)[O-])cc1. The highest BCUT2D eigenvalue weighted by Gasteiger charge is 2.36. The van der Waals surface area contributed by atoms with Crippen LogP contribution in [0, 0.1) is 10.1 Å². The normalized spacial score (nSPS) is 23.1. The Hall–Kier alpha value is -2.15. The van der Waals surface area contributed by atoms with E-state index in [0.29, 0.717) is 5.69 Å². The molecule has 7 nitrogen and oxygen atoms in total. The van der Waals surface area contributed by atoms with Crippen molar-refractivity contribution in [3.63, 3.8) is 0 Å². The van der Waals surface area contributed by atoms with Crippen molar-refractivity contribution in [3.05, 3.63) is 34.4 Å². The summed E-state index contributed by atoms with van der Waals surface area (Å²) in [5, 5.41) is 29.1. The van der Waals surface area contributed by atoms with E-state index >= 15 is 0 Å². The number of anilines is 1. The summed E-state index contributed by atoms with van der Waals surface area (Å²) >= 11 is 0. The minimum absolute atomic E-state index is 0.0506. The molecule has 2 rings (SSSR count). The topological polar surface area (TPSA) is 104 Å².